The van der Waals surface area contributed by atoms with Crippen molar-refractivity contribution >= 4 is 28.2 Å². The zero-order valence-electron chi connectivity index (χ0n) is 12.1. The van der Waals surface area contributed by atoms with Crippen molar-refractivity contribution < 1.29 is 13.2 Å². The lowest BCUT2D eigenvalue weighted by atomic mass is 10.1. The number of sulfone groups is 1. The Balaban J connectivity index is 0.00000220. The fourth-order valence-electron chi connectivity index (χ4n) is 2.14. The second-order valence-corrected chi connectivity index (χ2v) is 7.45. The minimum Gasteiger partial charge on any atom is -0.350 e. The van der Waals surface area contributed by atoms with Gasteiger partial charge in [-0.25, -0.2) is 8.42 Å². The zero-order valence-corrected chi connectivity index (χ0v) is 13.8. The van der Waals surface area contributed by atoms with Crippen molar-refractivity contribution in [3.63, 3.8) is 0 Å². The molecule has 1 saturated carbocycles. The Morgan fingerprint density at radius 1 is 1.43 bits per heavy atom. The third kappa shape index (κ3) is 4.69. The quantitative estimate of drug-likeness (QED) is 0.850. The number of hydrogen-bond acceptors (Lipinski definition) is 4. The fraction of sp³-hybridized carbons (Fsp3) is 0.500. The molecule has 0 bridgehead atoms. The Morgan fingerprint density at radius 3 is 2.57 bits per heavy atom. The molecule has 1 amide bonds. The van der Waals surface area contributed by atoms with Crippen LogP contribution in [0.25, 0.3) is 0 Å². The van der Waals surface area contributed by atoms with Crippen LogP contribution in [-0.4, -0.2) is 33.2 Å². The van der Waals surface area contributed by atoms with E-state index >= 15 is 0 Å². The summed E-state index contributed by atoms with van der Waals surface area (Å²) in [5.74, 6) is 0.228. The molecule has 5 nitrogen and oxygen atoms in total. The van der Waals surface area contributed by atoms with Gasteiger partial charge in [0.1, 0.15) is 0 Å². The lowest BCUT2D eigenvalue weighted by molar-refractivity contribution is 0.0950. The van der Waals surface area contributed by atoms with Gasteiger partial charge in [0.25, 0.3) is 5.91 Å². The number of benzene rings is 1. The predicted octanol–water partition coefficient (Wildman–Crippen LogP) is 1.29. The lowest BCUT2D eigenvalue weighted by Gasteiger charge is -2.12. The van der Waals surface area contributed by atoms with Gasteiger partial charge in [0.15, 0.2) is 9.84 Å². The fourth-order valence-corrected chi connectivity index (χ4v) is 3.14. The molecule has 0 aromatic heterocycles. The van der Waals surface area contributed by atoms with Crippen molar-refractivity contribution in [3.05, 3.63) is 29.3 Å². The first-order valence-corrected chi connectivity index (χ1v) is 8.52. The molecule has 0 saturated heterocycles. The van der Waals surface area contributed by atoms with Gasteiger partial charge in [-0.15, -0.1) is 12.4 Å². The summed E-state index contributed by atoms with van der Waals surface area (Å²) in [6, 6.07) is 4.68. The number of nitrogens with two attached hydrogens (primary N) is 1. The van der Waals surface area contributed by atoms with Crippen LogP contribution in [0.1, 0.15) is 28.8 Å². The minimum atomic E-state index is -3.33. The van der Waals surface area contributed by atoms with Gasteiger partial charge in [0, 0.05) is 24.4 Å². The summed E-state index contributed by atoms with van der Waals surface area (Å²) in [6.45, 7) is 2.13. The molecule has 0 aliphatic heterocycles. The monoisotopic (exact) mass is 332 g/mol. The normalized spacial score (nSPS) is 16.0. The number of amides is 1. The SMILES string of the molecule is Cc1ccc(C(=O)NCC(N)C2CC2)cc1S(C)(=O)=O.Cl. The summed E-state index contributed by atoms with van der Waals surface area (Å²) in [7, 11) is -3.33. The van der Waals surface area contributed by atoms with Gasteiger partial charge in [0.05, 0.1) is 4.90 Å². The van der Waals surface area contributed by atoms with Crippen LogP contribution in [0.4, 0.5) is 0 Å². The van der Waals surface area contributed by atoms with E-state index < -0.39 is 9.84 Å². The summed E-state index contributed by atoms with van der Waals surface area (Å²) < 4.78 is 23.3. The second kappa shape index (κ2) is 6.77. The molecule has 0 heterocycles. The van der Waals surface area contributed by atoms with E-state index in [4.69, 9.17) is 5.73 Å². The van der Waals surface area contributed by atoms with Crippen molar-refractivity contribution in [2.24, 2.45) is 11.7 Å². The average Bonchev–Trinajstić information content (AvgIpc) is 3.18. The molecule has 2 rings (SSSR count). The van der Waals surface area contributed by atoms with E-state index in [0.29, 0.717) is 23.6 Å². The molecule has 7 heteroatoms. The highest BCUT2D eigenvalue weighted by atomic mass is 35.5. The van der Waals surface area contributed by atoms with E-state index in [1.807, 2.05) is 0 Å². The van der Waals surface area contributed by atoms with Crippen LogP contribution in [0, 0.1) is 12.8 Å². The summed E-state index contributed by atoms with van der Waals surface area (Å²) in [6.07, 6.45) is 3.39. The zero-order chi connectivity index (χ0) is 14.9. The average molecular weight is 333 g/mol. The molecule has 21 heavy (non-hydrogen) atoms. The Kier molecular flexibility index (Phi) is 5.78. The predicted molar refractivity (Wildman–Crippen MR) is 84.6 cm³/mol. The standard InChI is InChI=1S/C14H20N2O3S.ClH/c1-9-3-4-11(7-13(9)20(2,18)19)14(17)16-8-12(15)10-5-6-10;/h3-4,7,10,12H,5-6,8,15H2,1-2H3,(H,16,17);1H. The molecular weight excluding hydrogens is 312 g/mol. The van der Waals surface area contributed by atoms with Gasteiger partial charge in [-0.05, 0) is 43.4 Å². The van der Waals surface area contributed by atoms with Crippen molar-refractivity contribution in [1.82, 2.24) is 5.32 Å². The van der Waals surface area contributed by atoms with E-state index in [9.17, 15) is 13.2 Å². The van der Waals surface area contributed by atoms with Gasteiger partial charge in [-0.2, -0.15) is 0 Å². The van der Waals surface area contributed by atoms with E-state index in [0.717, 1.165) is 19.1 Å². The topological polar surface area (TPSA) is 89.3 Å². The first kappa shape index (κ1) is 17.9. The van der Waals surface area contributed by atoms with Crippen molar-refractivity contribution in [2.75, 3.05) is 12.8 Å². The smallest absolute Gasteiger partial charge is 0.251 e. The number of nitrogens with one attached hydrogen (secondary N) is 1. The van der Waals surface area contributed by atoms with Gasteiger partial charge in [0.2, 0.25) is 0 Å². The van der Waals surface area contributed by atoms with E-state index in [1.165, 1.54) is 6.07 Å². The molecule has 0 radical (unpaired) electrons. The van der Waals surface area contributed by atoms with Crippen LogP contribution in [0.3, 0.4) is 0 Å². The Bertz CT molecular complexity index is 627. The molecule has 1 aliphatic rings. The lowest BCUT2D eigenvalue weighted by Crippen LogP contribution is -2.38. The van der Waals surface area contributed by atoms with Crippen LogP contribution in [0.15, 0.2) is 23.1 Å². The van der Waals surface area contributed by atoms with E-state index in [1.54, 1.807) is 19.1 Å². The maximum Gasteiger partial charge on any atom is 0.251 e. The molecule has 1 aromatic rings. The van der Waals surface area contributed by atoms with Crippen molar-refractivity contribution in [3.8, 4) is 0 Å². The van der Waals surface area contributed by atoms with Crippen LogP contribution in [0.5, 0.6) is 0 Å². The molecular formula is C14H21ClN2O3S. The number of rotatable bonds is 5. The highest BCUT2D eigenvalue weighted by molar-refractivity contribution is 7.90. The Morgan fingerprint density at radius 2 is 2.05 bits per heavy atom. The first-order chi connectivity index (χ1) is 9.29. The minimum absolute atomic E-state index is 0. The molecule has 1 unspecified atom stereocenters. The maximum absolute atomic E-state index is 12.0. The highest BCUT2D eigenvalue weighted by Gasteiger charge is 2.28. The Hall–Kier alpha value is -1.11. The Labute approximate surface area is 131 Å². The van der Waals surface area contributed by atoms with Crippen LogP contribution >= 0.6 is 12.4 Å². The third-order valence-electron chi connectivity index (χ3n) is 3.58. The highest BCUT2D eigenvalue weighted by Crippen LogP contribution is 2.31. The molecule has 118 valence electrons. The van der Waals surface area contributed by atoms with E-state index in [-0.39, 0.29) is 29.3 Å². The van der Waals surface area contributed by atoms with Crippen molar-refractivity contribution in [1.29, 1.82) is 0 Å². The number of carbonyl (C=O) groups is 1. The van der Waals surface area contributed by atoms with Crippen molar-refractivity contribution in [2.45, 2.75) is 30.7 Å². The number of halogens is 1. The number of aryl methyl sites for hydroxylation is 1. The van der Waals surface area contributed by atoms with Crippen LogP contribution in [0.2, 0.25) is 0 Å². The van der Waals surface area contributed by atoms with Crippen LogP contribution in [-0.2, 0) is 9.84 Å². The van der Waals surface area contributed by atoms with Gasteiger partial charge < -0.3 is 11.1 Å². The van der Waals surface area contributed by atoms with E-state index in [2.05, 4.69) is 5.32 Å². The molecule has 1 atom stereocenters. The molecule has 1 aromatic carbocycles. The summed E-state index contributed by atoms with van der Waals surface area (Å²) in [4.78, 5) is 12.2. The molecule has 0 spiro atoms. The third-order valence-corrected chi connectivity index (χ3v) is 4.81. The molecule has 1 fully saturated rings. The van der Waals surface area contributed by atoms with Gasteiger partial charge in [-0.1, -0.05) is 6.07 Å². The number of carbonyl (C=O) groups excluding carboxylic acids is 1. The van der Waals surface area contributed by atoms with Gasteiger partial charge >= 0.3 is 0 Å². The van der Waals surface area contributed by atoms with Gasteiger partial charge in [-0.3, -0.25) is 4.79 Å². The largest absolute Gasteiger partial charge is 0.350 e. The summed E-state index contributed by atoms with van der Waals surface area (Å²) in [5, 5.41) is 2.76. The molecule has 3 N–H and O–H groups in total. The summed E-state index contributed by atoms with van der Waals surface area (Å²) in [5.41, 5.74) is 6.90. The first-order valence-electron chi connectivity index (χ1n) is 6.63. The van der Waals surface area contributed by atoms with Crippen LogP contribution < -0.4 is 11.1 Å². The number of hydrogen-bond donors (Lipinski definition) is 2. The second-order valence-electron chi connectivity index (χ2n) is 5.46. The maximum atomic E-state index is 12.0. The summed E-state index contributed by atoms with van der Waals surface area (Å²) >= 11 is 0. The molecule has 1 aliphatic carbocycles.